The van der Waals surface area contributed by atoms with E-state index in [1.54, 1.807) is 7.05 Å². The number of piperidine rings is 1. The first-order valence-electron chi connectivity index (χ1n) is 9.79. The smallest absolute Gasteiger partial charge is 0.410 e. The molecule has 0 aliphatic carbocycles. The molecule has 1 N–H and O–H groups in total. The van der Waals surface area contributed by atoms with E-state index in [-0.39, 0.29) is 6.09 Å². The van der Waals surface area contributed by atoms with Gasteiger partial charge in [-0.2, -0.15) is 0 Å². The Hall–Kier alpha value is -1.89. The van der Waals surface area contributed by atoms with Crippen LogP contribution in [-0.2, 0) is 18.3 Å². The van der Waals surface area contributed by atoms with Crippen molar-refractivity contribution in [3.63, 3.8) is 0 Å². The van der Waals surface area contributed by atoms with Crippen LogP contribution in [0.4, 0.5) is 4.79 Å². The van der Waals surface area contributed by atoms with Crippen LogP contribution >= 0.6 is 11.6 Å². The summed E-state index contributed by atoms with van der Waals surface area (Å²) in [4.78, 5) is 20.5. The van der Waals surface area contributed by atoms with Gasteiger partial charge in [-0.25, -0.2) is 4.79 Å². The van der Waals surface area contributed by atoms with Crippen LogP contribution in [0.5, 0.6) is 0 Å². The average Bonchev–Trinajstić information content (AvgIpc) is 2.91. The van der Waals surface area contributed by atoms with Crippen molar-refractivity contribution >= 4 is 23.7 Å². The van der Waals surface area contributed by atoms with Crippen LogP contribution in [0, 0.1) is 5.92 Å². The molecule has 0 saturated carbocycles. The van der Waals surface area contributed by atoms with Crippen LogP contribution < -0.4 is 5.32 Å². The second kappa shape index (κ2) is 9.54. The van der Waals surface area contributed by atoms with Gasteiger partial charge < -0.3 is 24.4 Å². The number of nitrogens with zero attached hydrogens (tertiary/aromatic N) is 4. The molecule has 8 heteroatoms. The second-order valence-corrected chi connectivity index (χ2v) is 8.89. The fourth-order valence-corrected chi connectivity index (χ4v) is 3.58. The van der Waals surface area contributed by atoms with Crippen molar-refractivity contribution in [1.29, 1.82) is 0 Å². The van der Waals surface area contributed by atoms with Crippen molar-refractivity contribution < 1.29 is 9.53 Å². The number of carbonyl (C=O) groups excluding carboxylic acids is 1. The number of carbonyl (C=O) groups is 1. The average molecular weight is 412 g/mol. The molecule has 158 valence electrons. The number of likely N-dealkylation sites (tertiary alicyclic amines) is 1. The maximum absolute atomic E-state index is 12.2. The zero-order chi connectivity index (χ0) is 20.9. The van der Waals surface area contributed by atoms with Crippen molar-refractivity contribution in [2.45, 2.75) is 45.8 Å². The van der Waals surface area contributed by atoms with E-state index in [9.17, 15) is 4.79 Å². The maximum atomic E-state index is 12.2. The molecule has 1 aliphatic rings. The van der Waals surface area contributed by atoms with Gasteiger partial charge in [-0.1, -0.05) is 11.6 Å². The van der Waals surface area contributed by atoms with Gasteiger partial charge in [0.1, 0.15) is 5.60 Å². The molecule has 2 rings (SSSR count). The van der Waals surface area contributed by atoms with Gasteiger partial charge in [0.15, 0.2) is 5.96 Å². The summed E-state index contributed by atoms with van der Waals surface area (Å²) in [7, 11) is 5.80. The topological polar surface area (TPSA) is 62.1 Å². The zero-order valence-corrected chi connectivity index (χ0v) is 18.7. The highest BCUT2D eigenvalue weighted by Gasteiger charge is 2.27. The Morgan fingerprint density at radius 1 is 1.39 bits per heavy atom. The summed E-state index contributed by atoms with van der Waals surface area (Å²) >= 11 is 6.07. The number of nitrogens with one attached hydrogen (secondary N) is 1. The number of ether oxygens (including phenoxy) is 1. The molecule has 1 aliphatic heterocycles. The van der Waals surface area contributed by atoms with E-state index in [0.717, 1.165) is 55.7 Å². The van der Waals surface area contributed by atoms with E-state index >= 15 is 0 Å². The van der Waals surface area contributed by atoms with Crippen LogP contribution in [0.2, 0.25) is 5.02 Å². The van der Waals surface area contributed by atoms with Crippen LogP contribution in [-0.4, -0.2) is 65.8 Å². The molecule has 1 aromatic heterocycles. The summed E-state index contributed by atoms with van der Waals surface area (Å²) in [5.74, 6) is 1.36. The van der Waals surface area contributed by atoms with Crippen LogP contribution in [0.15, 0.2) is 17.3 Å². The van der Waals surface area contributed by atoms with Gasteiger partial charge in [0, 0.05) is 52.7 Å². The van der Waals surface area contributed by atoms with E-state index in [2.05, 4.69) is 15.2 Å². The zero-order valence-electron chi connectivity index (χ0n) is 18.0. The van der Waals surface area contributed by atoms with Crippen molar-refractivity contribution in [3.05, 3.63) is 23.0 Å². The lowest BCUT2D eigenvalue weighted by Crippen LogP contribution is -2.45. The molecule has 7 nitrogen and oxygen atoms in total. The number of guanidine groups is 1. The van der Waals surface area contributed by atoms with Crippen LogP contribution in [0.3, 0.4) is 0 Å². The number of aromatic nitrogens is 1. The maximum Gasteiger partial charge on any atom is 0.410 e. The van der Waals surface area contributed by atoms with Gasteiger partial charge in [0.2, 0.25) is 0 Å². The van der Waals surface area contributed by atoms with Crippen molar-refractivity contribution in [1.82, 2.24) is 19.7 Å². The normalized spacial score (nSPS) is 16.2. The molecule has 0 unspecified atom stereocenters. The monoisotopic (exact) mass is 411 g/mol. The first kappa shape index (κ1) is 22.4. The largest absolute Gasteiger partial charge is 0.444 e. The predicted molar refractivity (Wildman–Crippen MR) is 114 cm³/mol. The number of aliphatic imine (C=N–C) groups is 1. The Kier molecular flexibility index (Phi) is 7.63. The van der Waals surface area contributed by atoms with E-state index in [0.29, 0.717) is 5.92 Å². The van der Waals surface area contributed by atoms with Crippen molar-refractivity contribution in [2.75, 3.05) is 33.7 Å². The summed E-state index contributed by atoms with van der Waals surface area (Å²) in [6, 6.07) is 1.97. The molecular weight excluding hydrogens is 378 g/mol. The highest BCUT2D eigenvalue weighted by atomic mass is 35.5. The Morgan fingerprint density at radius 2 is 2.04 bits per heavy atom. The first-order chi connectivity index (χ1) is 13.1. The van der Waals surface area contributed by atoms with Gasteiger partial charge in [-0.15, -0.1) is 0 Å². The van der Waals surface area contributed by atoms with Gasteiger partial charge in [-0.05, 0) is 45.6 Å². The fourth-order valence-electron chi connectivity index (χ4n) is 3.31. The number of amides is 1. The summed E-state index contributed by atoms with van der Waals surface area (Å²) < 4.78 is 7.49. The SMILES string of the molecule is CN=C(NCC1CCN(C(=O)OC(C)(C)C)CC1)N(C)Cc1cc(Cl)cn1C. The highest BCUT2D eigenvalue weighted by molar-refractivity contribution is 6.30. The van der Waals surface area contributed by atoms with Crippen LogP contribution in [0.25, 0.3) is 0 Å². The number of hydrogen-bond donors (Lipinski definition) is 1. The lowest BCUT2D eigenvalue weighted by atomic mass is 9.97. The van der Waals surface area contributed by atoms with Crippen molar-refractivity contribution in [3.8, 4) is 0 Å². The molecule has 28 heavy (non-hydrogen) atoms. The molecule has 2 heterocycles. The molecule has 1 fully saturated rings. The Morgan fingerprint density at radius 3 is 2.54 bits per heavy atom. The number of hydrogen-bond acceptors (Lipinski definition) is 3. The minimum atomic E-state index is -0.449. The standard InChI is InChI=1S/C20H34ClN5O2/c1-20(2,3)28-19(27)26-9-7-15(8-10-26)12-23-18(22-4)25(6)14-17-11-16(21)13-24(17)5/h11,13,15H,7-10,12,14H2,1-6H3,(H,22,23). The molecule has 0 spiro atoms. The third-order valence-electron chi connectivity index (χ3n) is 4.86. The third kappa shape index (κ3) is 6.62. The quantitative estimate of drug-likeness (QED) is 0.609. The Balaban J connectivity index is 1.78. The minimum absolute atomic E-state index is 0.212. The van der Waals surface area contributed by atoms with E-state index < -0.39 is 5.60 Å². The number of rotatable bonds is 4. The molecule has 0 atom stereocenters. The summed E-state index contributed by atoms with van der Waals surface area (Å²) in [6.07, 6.45) is 3.61. The Labute approximate surface area is 173 Å². The van der Waals surface area contributed by atoms with Gasteiger partial charge in [0.25, 0.3) is 0 Å². The molecule has 0 aromatic carbocycles. The van der Waals surface area contributed by atoms with E-state index in [1.807, 2.05) is 56.6 Å². The van der Waals surface area contributed by atoms with Gasteiger partial charge in [0.05, 0.1) is 11.6 Å². The fraction of sp³-hybridized carbons (Fsp3) is 0.700. The molecule has 0 bridgehead atoms. The van der Waals surface area contributed by atoms with Crippen LogP contribution in [0.1, 0.15) is 39.3 Å². The van der Waals surface area contributed by atoms with E-state index in [4.69, 9.17) is 16.3 Å². The minimum Gasteiger partial charge on any atom is -0.444 e. The summed E-state index contributed by atoms with van der Waals surface area (Å²) in [5.41, 5.74) is 0.677. The van der Waals surface area contributed by atoms with Crippen molar-refractivity contribution in [2.24, 2.45) is 18.0 Å². The molecule has 1 saturated heterocycles. The number of halogens is 1. The van der Waals surface area contributed by atoms with Gasteiger partial charge >= 0.3 is 6.09 Å². The Bertz CT molecular complexity index is 687. The molecule has 1 aromatic rings. The van der Waals surface area contributed by atoms with Gasteiger partial charge in [-0.3, -0.25) is 4.99 Å². The summed E-state index contributed by atoms with van der Waals surface area (Å²) in [6.45, 7) is 8.72. The lowest BCUT2D eigenvalue weighted by molar-refractivity contribution is 0.0185. The molecular formula is C20H34ClN5O2. The number of aryl methyl sites for hydroxylation is 1. The highest BCUT2D eigenvalue weighted by Crippen LogP contribution is 2.19. The molecule has 1 amide bonds. The summed E-state index contributed by atoms with van der Waals surface area (Å²) in [5, 5.41) is 4.21. The third-order valence-corrected chi connectivity index (χ3v) is 5.07. The predicted octanol–water partition coefficient (Wildman–Crippen LogP) is 3.33. The van der Waals surface area contributed by atoms with E-state index in [1.165, 1.54) is 0 Å². The second-order valence-electron chi connectivity index (χ2n) is 8.46. The first-order valence-corrected chi connectivity index (χ1v) is 10.2. The lowest BCUT2D eigenvalue weighted by Gasteiger charge is -2.34. The molecule has 0 radical (unpaired) electrons.